The van der Waals surface area contributed by atoms with Crippen LogP contribution in [0.15, 0.2) is 41.3 Å². The third-order valence-electron chi connectivity index (χ3n) is 5.54. The number of methoxy groups -OCH3 is 2. The lowest BCUT2D eigenvalue weighted by Crippen LogP contribution is -2.30. The Kier molecular flexibility index (Phi) is 5.64. The molecule has 0 unspecified atom stereocenters. The van der Waals surface area contributed by atoms with E-state index in [-0.39, 0.29) is 33.5 Å². The number of amides is 1. The molecule has 0 bridgehead atoms. The number of ether oxygens (including phenoxy) is 2. The van der Waals surface area contributed by atoms with Crippen LogP contribution in [-0.4, -0.2) is 47.0 Å². The van der Waals surface area contributed by atoms with Gasteiger partial charge in [-0.05, 0) is 61.2 Å². The van der Waals surface area contributed by atoms with Crippen LogP contribution in [-0.2, 0) is 30.7 Å². The SMILES string of the molecule is COC(=O)c1ccc(C(=O)OC)c(NS(=O)(=O)c2ccc3c(c2)CCN3C(=O)C2CC2)c1. The van der Waals surface area contributed by atoms with E-state index in [1.165, 1.54) is 44.6 Å². The zero-order chi connectivity index (χ0) is 23.0. The van der Waals surface area contributed by atoms with Gasteiger partial charge in [-0.15, -0.1) is 0 Å². The number of benzene rings is 2. The standard InChI is InChI=1S/C22H22N2O7S/c1-30-21(26)15-5-7-17(22(27)31-2)18(12-15)23-32(28,29)16-6-8-19-14(11-16)9-10-24(19)20(25)13-3-4-13/h5-8,11-13,23H,3-4,9-10H2,1-2H3. The second kappa shape index (κ2) is 8.27. The molecule has 1 fully saturated rings. The number of rotatable bonds is 6. The lowest BCUT2D eigenvalue weighted by atomic mass is 10.1. The Labute approximate surface area is 185 Å². The predicted octanol–water partition coefficient (Wildman–Crippen LogP) is 2.36. The highest BCUT2D eigenvalue weighted by atomic mass is 32.2. The van der Waals surface area contributed by atoms with Crippen molar-refractivity contribution < 1.29 is 32.3 Å². The largest absolute Gasteiger partial charge is 0.465 e. The van der Waals surface area contributed by atoms with Crippen molar-refractivity contribution in [1.29, 1.82) is 0 Å². The van der Waals surface area contributed by atoms with Gasteiger partial charge in [0, 0.05) is 18.2 Å². The van der Waals surface area contributed by atoms with E-state index >= 15 is 0 Å². The molecular weight excluding hydrogens is 436 g/mol. The number of nitrogens with zero attached hydrogens (tertiary/aromatic N) is 1. The average molecular weight is 458 g/mol. The Balaban J connectivity index is 1.65. The number of anilines is 2. The van der Waals surface area contributed by atoms with E-state index in [9.17, 15) is 22.8 Å². The normalized spacial score (nSPS) is 15.1. The Morgan fingerprint density at radius 1 is 1.00 bits per heavy atom. The van der Waals surface area contributed by atoms with Crippen molar-refractivity contribution >= 4 is 39.2 Å². The fourth-order valence-corrected chi connectivity index (χ4v) is 4.81. The summed E-state index contributed by atoms with van der Waals surface area (Å²) < 4.78 is 37.9. The summed E-state index contributed by atoms with van der Waals surface area (Å²) in [7, 11) is -1.74. The molecule has 0 atom stereocenters. The predicted molar refractivity (Wildman–Crippen MR) is 115 cm³/mol. The molecule has 4 rings (SSSR count). The number of hydrogen-bond acceptors (Lipinski definition) is 7. The smallest absolute Gasteiger partial charge is 0.339 e. The van der Waals surface area contributed by atoms with Crippen molar-refractivity contribution in [3.05, 3.63) is 53.1 Å². The lowest BCUT2D eigenvalue weighted by Gasteiger charge is -2.17. The van der Waals surface area contributed by atoms with Gasteiger partial charge in [0.15, 0.2) is 0 Å². The summed E-state index contributed by atoms with van der Waals surface area (Å²) >= 11 is 0. The number of fused-ring (bicyclic) bond motifs is 1. The molecule has 32 heavy (non-hydrogen) atoms. The van der Waals surface area contributed by atoms with Crippen LogP contribution in [0.25, 0.3) is 0 Å². The highest BCUT2D eigenvalue weighted by Crippen LogP contribution is 2.37. The fourth-order valence-electron chi connectivity index (χ4n) is 3.69. The third kappa shape index (κ3) is 4.05. The van der Waals surface area contributed by atoms with Crippen molar-refractivity contribution in [3.63, 3.8) is 0 Å². The molecule has 1 amide bonds. The van der Waals surface area contributed by atoms with Gasteiger partial charge in [-0.25, -0.2) is 18.0 Å². The molecule has 0 saturated heterocycles. The first-order chi connectivity index (χ1) is 15.2. The Hall–Kier alpha value is -3.40. The van der Waals surface area contributed by atoms with Crippen LogP contribution in [0.2, 0.25) is 0 Å². The summed E-state index contributed by atoms with van der Waals surface area (Å²) in [6.45, 7) is 0.523. The Morgan fingerprint density at radius 2 is 1.72 bits per heavy atom. The van der Waals surface area contributed by atoms with E-state index in [1.807, 2.05) is 0 Å². The van der Waals surface area contributed by atoms with E-state index in [4.69, 9.17) is 4.74 Å². The topological polar surface area (TPSA) is 119 Å². The monoisotopic (exact) mass is 458 g/mol. The van der Waals surface area contributed by atoms with Crippen molar-refractivity contribution in [2.75, 3.05) is 30.4 Å². The molecule has 168 valence electrons. The molecule has 2 aromatic rings. The number of sulfonamides is 1. The van der Waals surface area contributed by atoms with Crippen LogP contribution in [0.3, 0.4) is 0 Å². The van der Waals surface area contributed by atoms with Gasteiger partial charge in [0.2, 0.25) is 5.91 Å². The van der Waals surface area contributed by atoms with Crippen LogP contribution in [0, 0.1) is 5.92 Å². The molecule has 2 aliphatic rings. The van der Waals surface area contributed by atoms with Crippen molar-refractivity contribution in [1.82, 2.24) is 0 Å². The molecule has 10 heteroatoms. The minimum atomic E-state index is -4.10. The van der Waals surface area contributed by atoms with E-state index < -0.39 is 22.0 Å². The zero-order valence-corrected chi connectivity index (χ0v) is 18.4. The maximum absolute atomic E-state index is 13.1. The maximum atomic E-state index is 13.1. The molecule has 1 saturated carbocycles. The third-order valence-corrected chi connectivity index (χ3v) is 6.90. The number of esters is 2. The van der Waals surface area contributed by atoms with Crippen LogP contribution in [0.5, 0.6) is 0 Å². The van der Waals surface area contributed by atoms with Gasteiger partial charge in [0.25, 0.3) is 10.0 Å². The summed E-state index contributed by atoms with van der Waals surface area (Å²) in [6.07, 6.45) is 2.35. The van der Waals surface area contributed by atoms with Crippen LogP contribution < -0.4 is 9.62 Å². The number of nitrogens with one attached hydrogen (secondary N) is 1. The minimum Gasteiger partial charge on any atom is -0.465 e. The summed E-state index contributed by atoms with van der Waals surface area (Å²) in [5.74, 6) is -1.29. The summed E-state index contributed by atoms with van der Waals surface area (Å²) in [6, 6.07) is 8.43. The quantitative estimate of drug-likeness (QED) is 0.660. The molecule has 0 aromatic heterocycles. The first kappa shape index (κ1) is 21.8. The summed E-state index contributed by atoms with van der Waals surface area (Å²) in [5, 5.41) is 0. The maximum Gasteiger partial charge on any atom is 0.339 e. The molecule has 1 aliphatic heterocycles. The number of carbonyl (C=O) groups excluding carboxylic acids is 3. The second-order valence-corrected chi connectivity index (χ2v) is 9.34. The van der Waals surface area contributed by atoms with Crippen LogP contribution in [0.4, 0.5) is 11.4 Å². The van der Waals surface area contributed by atoms with Gasteiger partial charge in [-0.1, -0.05) is 0 Å². The highest BCUT2D eigenvalue weighted by molar-refractivity contribution is 7.92. The van der Waals surface area contributed by atoms with Crippen LogP contribution >= 0.6 is 0 Å². The number of hydrogen-bond donors (Lipinski definition) is 1. The zero-order valence-electron chi connectivity index (χ0n) is 17.6. The molecule has 1 N–H and O–H groups in total. The van der Waals surface area contributed by atoms with Gasteiger partial charge in [-0.3, -0.25) is 9.52 Å². The first-order valence-electron chi connectivity index (χ1n) is 10.0. The molecule has 1 heterocycles. The van der Waals surface area contributed by atoms with Crippen molar-refractivity contribution in [2.24, 2.45) is 5.92 Å². The summed E-state index contributed by atoms with van der Waals surface area (Å²) in [5.41, 5.74) is 1.40. The molecule has 9 nitrogen and oxygen atoms in total. The second-order valence-electron chi connectivity index (χ2n) is 7.65. The van der Waals surface area contributed by atoms with Crippen molar-refractivity contribution in [3.8, 4) is 0 Å². The molecule has 1 aliphatic carbocycles. The van der Waals surface area contributed by atoms with E-state index in [2.05, 4.69) is 9.46 Å². The van der Waals surface area contributed by atoms with Crippen molar-refractivity contribution in [2.45, 2.75) is 24.2 Å². The molecular formula is C22H22N2O7S. The van der Waals surface area contributed by atoms with E-state index in [0.29, 0.717) is 13.0 Å². The van der Waals surface area contributed by atoms with E-state index in [1.54, 1.807) is 11.0 Å². The van der Waals surface area contributed by atoms with Gasteiger partial charge < -0.3 is 14.4 Å². The van der Waals surface area contributed by atoms with Gasteiger partial charge in [0.1, 0.15) is 0 Å². The number of carbonyl (C=O) groups is 3. The Bertz CT molecular complexity index is 1220. The average Bonchev–Trinajstić information content (AvgIpc) is 3.56. The van der Waals surface area contributed by atoms with Crippen LogP contribution in [0.1, 0.15) is 39.1 Å². The van der Waals surface area contributed by atoms with Gasteiger partial charge >= 0.3 is 11.9 Å². The molecule has 2 aromatic carbocycles. The van der Waals surface area contributed by atoms with E-state index in [0.717, 1.165) is 24.1 Å². The lowest BCUT2D eigenvalue weighted by molar-refractivity contribution is -0.119. The molecule has 0 spiro atoms. The van der Waals surface area contributed by atoms with Gasteiger partial charge in [0.05, 0.1) is 35.9 Å². The van der Waals surface area contributed by atoms with Gasteiger partial charge in [-0.2, -0.15) is 0 Å². The summed E-state index contributed by atoms with van der Waals surface area (Å²) in [4.78, 5) is 38.1. The Morgan fingerprint density at radius 3 is 2.38 bits per heavy atom. The molecule has 0 radical (unpaired) electrons. The minimum absolute atomic E-state index is 0.0174. The highest BCUT2D eigenvalue weighted by Gasteiger charge is 2.36. The first-order valence-corrected chi connectivity index (χ1v) is 11.5. The fraction of sp³-hybridized carbons (Fsp3) is 0.318.